The van der Waals surface area contributed by atoms with Crippen molar-refractivity contribution in [3.05, 3.63) is 46.8 Å². The van der Waals surface area contributed by atoms with E-state index in [2.05, 4.69) is 34.6 Å². The Labute approximate surface area is 167 Å². The zero-order valence-electron chi connectivity index (χ0n) is 17.2. The van der Waals surface area contributed by atoms with Gasteiger partial charge in [0.05, 0.1) is 10.6 Å². The van der Waals surface area contributed by atoms with Crippen LogP contribution in [0.1, 0.15) is 29.4 Å². The minimum absolute atomic E-state index is 0.122. The van der Waals surface area contributed by atoms with Crippen LogP contribution in [0.2, 0.25) is 0 Å². The highest BCUT2D eigenvalue weighted by molar-refractivity contribution is 7.89. The van der Waals surface area contributed by atoms with Crippen LogP contribution in [-0.4, -0.2) is 43.8 Å². The number of guanidine groups is 1. The molecule has 1 aromatic carbocycles. The molecule has 1 aromatic heterocycles. The van der Waals surface area contributed by atoms with E-state index in [4.69, 9.17) is 5.14 Å². The lowest BCUT2D eigenvalue weighted by molar-refractivity contribution is 0.598. The molecule has 0 aliphatic rings. The summed E-state index contributed by atoms with van der Waals surface area (Å²) in [5.74, 6) is 0.729. The van der Waals surface area contributed by atoms with Crippen molar-refractivity contribution in [3.63, 3.8) is 0 Å². The maximum absolute atomic E-state index is 11.3. The van der Waals surface area contributed by atoms with E-state index < -0.39 is 10.0 Å². The Morgan fingerprint density at radius 2 is 1.93 bits per heavy atom. The van der Waals surface area contributed by atoms with Crippen LogP contribution in [0.3, 0.4) is 0 Å². The van der Waals surface area contributed by atoms with Crippen LogP contribution in [-0.2, 0) is 29.9 Å². The fraction of sp³-hybridized carbons (Fsp3) is 0.474. The molecule has 154 valence electrons. The van der Waals surface area contributed by atoms with E-state index in [0.717, 1.165) is 30.1 Å². The second kappa shape index (κ2) is 9.20. The summed E-state index contributed by atoms with van der Waals surface area (Å²) in [6.07, 6.45) is 1.60. The number of aromatic nitrogens is 2. The molecule has 0 aliphatic heterocycles. The lowest BCUT2D eigenvalue weighted by Crippen LogP contribution is -2.43. The molecule has 0 amide bonds. The zero-order valence-corrected chi connectivity index (χ0v) is 18.0. The number of nitrogens with zero attached hydrogens (tertiary/aromatic N) is 3. The summed E-state index contributed by atoms with van der Waals surface area (Å²) in [5, 5.41) is 16.3. The number of sulfonamides is 1. The number of hydrogen-bond acceptors (Lipinski definition) is 4. The molecule has 8 nitrogen and oxygen atoms in total. The topological polar surface area (TPSA) is 114 Å². The van der Waals surface area contributed by atoms with Crippen molar-refractivity contribution >= 4 is 16.0 Å². The molecule has 0 fully saturated rings. The Morgan fingerprint density at radius 3 is 2.43 bits per heavy atom. The zero-order chi connectivity index (χ0) is 20.9. The van der Waals surface area contributed by atoms with E-state index in [0.29, 0.717) is 6.54 Å². The summed E-state index contributed by atoms with van der Waals surface area (Å²) in [4.78, 5) is 4.40. The Balaban J connectivity index is 1.85. The van der Waals surface area contributed by atoms with Crippen LogP contribution >= 0.6 is 0 Å². The first kappa shape index (κ1) is 21.9. The number of aliphatic imine (C=N–C) groups is 1. The fourth-order valence-corrected chi connectivity index (χ4v) is 3.58. The van der Waals surface area contributed by atoms with Crippen molar-refractivity contribution in [1.82, 2.24) is 20.4 Å². The molecule has 0 spiro atoms. The highest BCUT2D eigenvalue weighted by Gasteiger charge is 2.14. The molecule has 9 heteroatoms. The molecule has 0 saturated heterocycles. The molecular formula is C19H30N6O2S. The standard InChI is InChI=1S/C19H30N6O2S/c1-13(12-18-14(2)24-25(5)15(18)3)23-19(21-4)22-11-10-16-6-8-17(9-7-16)28(20,26)27/h6-9,13H,10-12H2,1-5H3,(H2,20,26,27)(H2,21,22,23). The van der Waals surface area contributed by atoms with Gasteiger partial charge < -0.3 is 10.6 Å². The van der Waals surface area contributed by atoms with Crippen molar-refractivity contribution in [2.45, 2.75) is 44.6 Å². The lowest BCUT2D eigenvalue weighted by Gasteiger charge is -2.18. The fourth-order valence-electron chi connectivity index (χ4n) is 3.07. The van der Waals surface area contributed by atoms with Crippen LogP contribution in [0.25, 0.3) is 0 Å². The van der Waals surface area contributed by atoms with Gasteiger partial charge in [0.1, 0.15) is 0 Å². The molecule has 0 saturated carbocycles. The molecule has 1 unspecified atom stereocenters. The van der Waals surface area contributed by atoms with Crippen molar-refractivity contribution in [1.29, 1.82) is 0 Å². The molecule has 28 heavy (non-hydrogen) atoms. The number of primary sulfonamides is 1. The van der Waals surface area contributed by atoms with Gasteiger partial charge in [0.25, 0.3) is 0 Å². The van der Waals surface area contributed by atoms with E-state index in [-0.39, 0.29) is 10.9 Å². The Bertz CT molecular complexity index is 932. The number of hydrogen-bond donors (Lipinski definition) is 3. The van der Waals surface area contributed by atoms with E-state index in [1.54, 1.807) is 19.2 Å². The molecule has 2 rings (SSSR count). The Hall–Kier alpha value is -2.39. The summed E-state index contributed by atoms with van der Waals surface area (Å²) in [7, 11) is 0.0456. The number of rotatable bonds is 7. The van der Waals surface area contributed by atoms with Gasteiger partial charge in [-0.05, 0) is 56.9 Å². The average Bonchev–Trinajstić information content (AvgIpc) is 2.86. The van der Waals surface area contributed by atoms with Crippen LogP contribution in [0.4, 0.5) is 0 Å². The number of nitrogens with two attached hydrogens (primary N) is 1. The first-order chi connectivity index (χ1) is 13.1. The SMILES string of the molecule is CN=C(NCCc1ccc(S(N)(=O)=O)cc1)NC(C)Cc1c(C)nn(C)c1C. The molecule has 2 aromatic rings. The predicted molar refractivity (Wildman–Crippen MR) is 112 cm³/mol. The number of aryl methyl sites for hydroxylation is 2. The van der Waals surface area contributed by atoms with Crippen molar-refractivity contribution in [2.75, 3.05) is 13.6 Å². The quantitative estimate of drug-likeness (QED) is 0.469. The average molecular weight is 407 g/mol. The largest absolute Gasteiger partial charge is 0.356 e. The van der Waals surface area contributed by atoms with Crippen LogP contribution in [0, 0.1) is 13.8 Å². The van der Waals surface area contributed by atoms with Crippen LogP contribution in [0.15, 0.2) is 34.2 Å². The normalized spacial score (nSPS) is 13.4. The minimum Gasteiger partial charge on any atom is -0.356 e. The molecule has 0 aliphatic carbocycles. The summed E-state index contributed by atoms with van der Waals surface area (Å²) in [6.45, 7) is 6.90. The lowest BCUT2D eigenvalue weighted by atomic mass is 10.1. The second-order valence-electron chi connectivity index (χ2n) is 6.96. The first-order valence-electron chi connectivity index (χ1n) is 9.19. The molecule has 1 heterocycles. The van der Waals surface area contributed by atoms with Gasteiger partial charge >= 0.3 is 0 Å². The van der Waals surface area contributed by atoms with E-state index in [1.807, 2.05) is 18.7 Å². The van der Waals surface area contributed by atoms with E-state index in [1.165, 1.54) is 23.4 Å². The van der Waals surface area contributed by atoms with Crippen LogP contribution < -0.4 is 15.8 Å². The Kier molecular flexibility index (Phi) is 7.20. The smallest absolute Gasteiger partial charge is 0.238 e. The van der Waals surface area contributed by atoms with Gasteiger partial charge in [0.2, 0.25) is 10.0 Å². The molecule has 4 N–H and O–H groups in total. The van der Waals surface area contributed by atoms with E-state index >= 15 is 0 Å². The second-order valence-corrected chi connectivity index (χ2v) is 8.52. The van der Waals surface area contributed by atoms with Gasteiger partial charge in [-0.2, -0.15) is 5.10 Å². The van der Waals surface area contributed by atoms with Gasteiger partial charge in [-0.25, -0.2) is 13.6 Å². The third-order valence-electron chi connectivity index (χ3n) is 4.73. The summed E-state index contributed by atoms with van der Waals surface area (Å²) < 4.78 is 24.5. The summed E-state index contributed by atoms with van der Waals surface area (Å²) in [5.41, 5.74) is 4.51. The Morgan fingerprint density at radius 1 is 1.29 bits per heavy atom. The highest BCUT2D eigenvalue weighted by Crippen LogP contribution is 2.14. The highest BCUT2D eigenvalue weighted by atomic mass is 32.2. The maximum atomic E-state index is 11.3. The molecule has 0 bridgehead atoms. The third-order valence-corrected chi connectivity index (χ3v) is 5.66. The summed E-state index contributed by atoms with van der Waals surface area (Å²) >= 11 is 0. The van der Waals surface area contributed by atoms with Crippen LogP contribution in [0.5, 0.6) is 0 Å². The minimum atomic E-state index is -3.65. The van der Waals surface area contributed by atoms with E-state index in [9.17, 15) is 8.42 Å². The number of nitrogens with one attached hydrogen (secondary N) is 2. The molecule has 0 radical (unpaired) electrons. The first-order valence-corrected chi connectivity index (χ1v) is 10.7. The van der Waals surface area contributed by atoms with Gasteiger partial charge in [-0.1, -0.05) is 12.1 Å². The summed E-state index contributed by atoms with van der Waals surface area (Å²) in [6, 6.07) is 6.79. The van der Waals surface area contributed by atoms with Gasteiger partial charge in [-0.3, -0.25) is 9.67 Å². The van der Waals surface area contributed by atoms with Crippen molar-refractivity contribution in [3.8, 4) is 0 Å². The maximum Gasteiger partial charge on any atom is 0.238 e. The molecular weight excluding hydrogens is 376 g/mol. The van der Waals surface area contributed by atoms with Gasteiger partial charge in [-0.15, -0.1) is 0 Å². The van der Waals surface area contributed by atoms with Crippen molar-refractivity contribution < 1.29 is 8.42 Å². The predicted octanol–water partition coefficient (Wildman–Crippen LogP) is 1.02. The third kappa shape index (κ3) is 5.80. The molecule has 1 atom stereocenters. The number of benzene rings is 1. The monoisotopic (exact) mass is 406 g/mol. The van der Waals surface area contributed by atoms with Crippen molar-refractivity contribution in [2.24, 2.45) is 17.2 Å². The van der Waals surface area contributed by atoms with Gasteiger partial charge in [0.15, 0.2) is 5.96 Å². The van der Waals surface area contributed by atoms with Gasteiger partial charge in [0, 0.05) is 32.4 Å².